The average Bonchev–Trinajstić information content (AvgIpc) is 2.73. The van der Waals surface area contributed by atoms with Gasteiger partial charge in [0.05, 0.1) is 24.5 Å². The number of morpholine rings is 1. The molecule has 0 aromatic heterocycles. The summed E-state index contributed by atoms with van der Waals surface area (Å²) in [5.41, 5.74) is 3.75. The van der Waals surface area contributed by atoms with Crippen molar-refractivity contribution in [2.45, 2.75) is 30.9 Å². The molecule has 4 nitrogen and oxygen atoms in total. The predicted molar refractivity (Wildman–Crippen MR) is 117 cm³/mol. The number of ether oxygens (including phenoxy) is 1. The van der Waals surface area contributed by atoms with E-state index in [0.717, 1.165) is 32.1 Å². The fourth-order valence-electron chi connectivity index (χ4n) is 3.44. The van der Waals surface area contributed by atoms with Gasteiger partial charge >= 0.3 is 0 Å². The molecule has 1 amide bonds. The summed E-state index contributed by atoms with van der Waals surface area (Å²) in [6.07, 6.45) is 0. The Morgan fingerprint density at radius 2 is 1.89 bits per heavy atom. The molecule has 1 fully saturated rings. The van der Waals surface area contributed by atoms with E-state index < -0.39 is 0 Å². The third-order valence-electron chi connectivity index (χ3n) is 5.10. The van der Waals surface area contributed by atoms with Crippen molar-refractivity contribution in [3.63, 3.8) is 0 Å². The lowest BCUT2D eigenvalue weighted by molar-refractivity contribution is -0.120. The molecule has 1 heterocycles. The molecule has 1 aliphatic heterocycles. The van der Waals surface area contributed by atoms with Crippen LogP contribution in [0, 0.1) is 6.92 Å². The largest absolute Gasteiger partial charge is 0.379 e. The predicted octanol–water partition coefficient (Wildman–Crippen LogP) is 3.81. The number of amides is 1. The fraction of sp³-hybridized carbons (Fsp3) is 0.435. The molecule has 2 aromatic rings. The van der Waals surface area contributed by atoms with E-state index in [4.69, 9.17) is 4.74 Å². The molecular weight excluding hydrogens is 368 g/mol. The Bertz CT molecular complexity index is 747. The van der Waals surface area contributed by atoms with Gasteiger partial charge in [-0.3, -0.25) is 9.69 Å². The van der Waals surface area contributed by atoms with Crippen molar-refractivity contribution in [3.05, 3.63) is 71.3 Å². The maximum atomic E-state index is 12.7. The Labute approximate surface area is 172 Å². The molecule has 0 saturated carbocycles. The second-order valence-electron chi connectivity index (χ2n) is 7.26. The smallest absolute Gasteiger partial charge is 0.232 e. The van der Waals surface area contributed by atoms with Gasteiger partial charge < -0.3 is 10.1 Å². The van der Waals surface area contributed by atoms with Crippen LogP contribution >= 0.6 is 11.8 Å². The Kier molecular flexibility index (Phi) is 7.95. The van der Waals surface area contributed by atoms with E-state index in [9.17, 15) is 4.79 Å². The zero-order valence-electron chi connectivity index (χ0n) is 16.8. The zero-order valence-corrected chi connectivity index (χ0v) is 17.6. The summed E-state index contributed by atoms with van der Waals surface area (Å²) in [4.78, 5) is 15.1. The van der Waals surface area contributed by atoms with Crippen LogP contribution in [0.1, 0.15) is 29.7 Å². The minimum Gasteiger partial charge on any atom is -0.379 e. The van der Waals surface area contributed by atoms with Crippen molar-refractivity contribution in [1.82, 2.24) is 10.2 Å². The summed E-state index contributed by atoms with van der Waals surface area (Å²) in [6.45, 7) is 8.01. The molecule has 150 valence electrons. The Balaban J connectivity index is 1.58. The van der Waals surface area contributed by atoms with Gasteiger partial charge in [-0.25, -0.2) is 0 Å². The van der Waals surface area contributed by atoms with Gasteiger partial charge in [-0.15, -0.1) is 11.8 Å². The molecule has 1 saturated heterocycles. The van der Waals surface area contributed by atoms with Crippen LogP contribution in [0.4, 0.5) is 0 Å². The summed E-state index contributed by atoms with van der Waals surface area (Å²) < 4.78 is 5.51. The summed E-state index contributed by atoms with van der Waals surface area (Å²) in [5.74, 6) is 0.951. The third-order valence-corrected chi connectivity index (χ3v) is 6.31. The molecule has 1 N–H and O–H groups in total. The van der Waals surface area contributed by atoms with Crippen molar-refractivity contribution in [2.24, 2.45) is 0 Å². The third kappa shape index (κ3) is 6.09. The quantitative estimate of drug-likeness (QED) is 0.734. The molecule has 2 aromatic carbocycles. The van der Waals surface area contributed by atoms with Crippen LogP contribution in [0.3, 0.4) is 0 Å². The SMILES string of the molecule is Cc1cccc([C@@H](CNC(=O)[C@@H](C)SCc2ccccc2)N2CCOCC2)c1. The number of aryl methyl sites for hydroxylation is 1. The minimum absolute atomic E-state index is 0.0805. The lowest BCUT2D eigenvalue weighted by atomic mass is 10.0. The van der Waals surface area contributed by atoms with Crippen LogP contribution in [0.2, 0.25) is 0 Å². The maximum Gasteiger partial charge on any atom is 0.232 e. The van der Waals surface area contributed by atoms with Crippen molar-refractivity contribution in [3.8, 4) is 0 Å². The number of hydrogen-bond acceptors (Lipinski definition) is 4. The highest BCUT2D eigenvalue weighted by Crippen LogP contribution is 2.23. The molecule has 28 heavy (non-hydrogen) atoms. The summed E-state index contributed by atoms with van der Waals surface area (Å²) >= 11 is 1.68. The molecule has 0 bridgehead atoms. The van der Waals surface area contributed by atoms with Gasteiger partial charge in [0, 0.05) is 25.4 Å². The number of benzene rings is 2. The number of carbonyl (C=O) groups is 1. The van der Waals surface area contributed by atoms with Crippen LogP contribution in [-0.2, 0) is 15.3 Å². The first-order valence-corrected chi connectivity index (χ1v) is 11.0. The van der Waals surface area contributed by atoms with Gasteiger partial charge in [0.1, 0.15) is 0 Å². The second kappa shape index (κ2) is 10.6. The molecule has 0 unspecified atom stereocenters. The lowest BCUT2D eigenvalue weighted by Gasteiger charge is -2.35. The monoisotopic (exact) mass is 398 g/mol. The topological polar surface area (TPSA) is 41.6 Å². The fourth-order valence-corrected chi connectivity index (χ4v) is 4.31. The zero-order chi connectivity index (χ0) is 19.8. The van der Waals surface area contributed by atoms with E-state index in [1.807, 2.05) is 25.1 Å². The lowest BCUT2D eigenvalue weighted by Crippen LogP contribution is -2.44. The Hall–Kier alpha value is -1.82. The number of hydrogen-bond donors (Lipinski definition) is 1. The average molecular weight is 399 g/mol. The molecule has 1 aliphatic rings. The van der Waals surface area contributed by atoms with E-state index in [0.29, 0.717) is 6.54 Å². The highest BCUT2D eigenvalue weighted by atomic mass is 32.2. The van der Waals surface area contributed by atoms with Crippen LogP contribution in [0.5, 0.6) is 0 Å². The van der Waals surface area contributed by atoms with Gasteiger partial charge in [0.25, 0.3) is 0 Å². The van der Waals surface area contributed by atoms with E-state index in [1.54, 1.807) is 11.8 Å². The van der Waals surface area contributed by atoms with Gasteiger partial charge in [-0.2, -0.15) is 0 Å². The van der Waals surface area contributed by atoms with Gasteiger partial charge in [0.15, 0.2) is 0 Å². The van der Waals surface area contributed by atoms with Crippen LogP contribution < -0.4 is 5.32 Å². The first-order chi connectivity index (χ1) is 13.6. The first-order valence-electron chi connectivity index (χ1n) is 9.95. The highest BCUT2D eigenvalue weighted by molar-refractivity contribution is 7.99. The van der Waals surface area contributed by atoms with E-state index in [2.05, 4.69) is 53.5 Å². The van der Waals surface area contributed by atoms with E-state index in [-0.39, 0.29) is 17.2 Å². The second-order valence-corrected chi connectivity index (χ2v) is 8.59. The number of nitrogens with one attached hydrogen (secondary N) is 1. The molecular formula is C23H30N2O2S. The van der Waals surface area contributed by atoms with Crippen molar-refractivity contribution in [2.75, 3.05) is 32.8 Å². The van der Waals surface area contributed by atoms with Gasteiger partial charge in [-0.1, -0.05) is 60.2 Å². The van der Waals surface area contributed by atoms with Crippen molar-refractivity contribution < 1.29 is 9.53 Å². The molecule has 0 radical (unpaired) electrons. The van der Waals surface area contributed by atoms with Crippen LogP contribution in [0.15, 0.2) is 54.6 Å². The molecule has 0 spiro atoms. The number of carbonyl (C=O) groups excluding carboxylic acids is 1. The van der Waals surface area contributed by atoms with Crippen molar-refractivity contribution in [1.29, 1.82) is 0 Å². The van der Waals surface area contributed by atoms with Gasteiger partial charge in [0.2, 0.25) is 5.91 Å². The number of rotatable bonds is 8. The van der Waals surface area contributed by atoms with E-state index >= 15 is 0 Å². The Morgan fingerprint density at radius 3 is 2.61 bits per heavy atom. The standard InChI is InChI=1S/C23H30N2O2S/c1-18-7-6-10-21(15-18)22(25-11-13-27-14-12-25)16-24-23(26)19(2)28-17-20-8-4-3-5-9-20/h3-10,15,19,22H,11-14,16-17H2,1-2H3,(H,24,26)/t19-,22-/m1/s1. The van der Waals surface area contributed by atoms with Crippen LogP contribution in [0.25, 0.3) is 0 Å². The number of nitrogens with zero attached hydrogens (tertiary/aromatic N) is 1. The minimum atomic E-state index is -0.0805. The summed E-state index contributed by atoms with van der Waals surface area (Å²) in [5, 5.41) is 3.11. The highest BCUT2D eigenvalue weighted by Gasteiger charge is 2.24. The maximum absolute atomic E-state index is 12.7. The molecule has 0 aliphatic carbocycles. The number of thioether (sulfide) groups is 1. The molecule has 2 atom stereocenters. The Morgan fingerprint density at radius 1 is 1.14 bits per heavy atom. The summed E-state index contributed by atoms with van der Waals surface area (Å²) in [6, 6.07) is 19.1. The van der Waals surface area contributed by atoms with Gasteiger partial charge in [-0.05, 0) is 25.0 Å². The van der Waals surface area contributed by atoms with Crippen molar-refractivity contribution >= 4 is 17.7 Å². The molecule has 3 rings (SSSR count). The van der Waals surface area contributed by atoms with Crippen LogP contribution in [-0.4, -0.2) is 48.9 Å². The first kappa shape index (κ1) is 20.9. The van der Waals surface area contributed by atoms with E-state index in [1.165, 1.54) is 16.7 Å². The molecule has 5 heteroatoms. The summed E-state index contributed by atoms with van der Waals surface area (Å²) in [7, 11) is 0. The normalized spacial score (nSPS) is 17.1.